The van der Waals surface area contributed by atoms with Gasteiger partial charge in [-0.1, -0.05) is 0 Å². The average Bonchev–Trinajstić information content (AvgIpc) is 2.04. The lowest BCUT2D eigenvalue weighted by Gasteiger charge is -1.95. The molecule has 0 saturated heterocycles. The number of hydrogen-bond donors (Lipinski definition) is 0. The zero-order valence-electron chi connectivity index (χ0n) is 6.72. The summed E-state index contributed by atoms with van der Waals surface area (Å²) in [5.41, 5.74) is 0.479. The van der Waals surface area contributed by atoms with Crippen LogP contribution in [0.1, 0.15) is 5.56 Å². The number of nitro groups is 1. The van der Waals surface area contributed by atoms with Crippen LogP contribution in [-0.2, 0) is 0 Å². The van der Waals surface area contributed by atoms with Crippen LogP contribution in [-0.4, -0.2) is 15.1 Å². The van der Waals surface area contributed by atoms with Crippen molar-refractivity contribution in [1.82, 2.24) is 4.98 Å². The highest BCUT2D eigenvalue weighted by Crippen LogP contribution is 2.19. The molecule has 0 bridgehead atoms. The minimum atomic E-state index is -0.493. The number of aryl methyl sites for hydroxylation is 1. The van der Waals surface area contributed by atoms with E-state index >= 15 is 0 Å². The van der Waals surface area contributed by atoms with E-state index in [0.29, 0.717) is 11.4 Å². The Bertz CT molecular complexity index is 399. The molecule has 0 fully saturated rings. The number of isothiocyanates is 1. The molecule has 66 valence electrons. The standard InChI is InChI=1S/C7H5N3O2S/c1-5-2-7(9-4-13)8-3-6(5)10(11)12/h2-3H,1H3. The summed E-state index contributed by atoms with van der Waals surface area (Å²) in [6.45, 7) is 1.61. The topological polar surface area (TPSA) is 68.4 Å². The summed E-state index contributed by atoms with van der Waals surface area (Å²) in [5, 5.41) is 12.5. The van der Waals surface area contributed by atoms with Crippen molar-refractivity contribution in [3.63, 3.8) is 0 Å². The van der Waals surface area contributed by atoms with Crippen molar-refractivity contribution in [1.29, 1.82) is 0 Å². The monoisotopic (exact) mass is 195 g/mol. The molecule has 5 nitrogen and oxygen atoms in total. The zero-order valence-corrected chi connectivity index (χ0v) is 7.54. The summed E-state index contributed by atoms with van der Waals surface area (Å²) < 4.78 is 0. The predicted octanol–water partition coefficient (Wildman–Crippen LogP) is 2.03. The first kappa shape index (κ1) is 9.44. The van der Waals surface area contributed by atoms with Crippen LogP contribution in [0.2, 0.25) is 0 Å². The fraction of sp³-hybridized carbons (Fsp3) is 0.143. The minimum Gasteiger partial charge on any atom is -0.258 e. The van der Waals surface area contributed by atoms with Crippen LogP contribution in [0.4, 0.5) is 11.5 Å². The number of hydrogen-bond acceptors (Lipinski definition) is 5. The van der Waals surface area contributed by atoms with E-state index in [4.69, 9.17) is 0 Å². The second kappa shape index (κ2) is 3.84. The fourth-order valence-corrected chi connectivity index (χ4v) is 0.927. The smallest absolute Gasteiger partial charge is 0.258 e. The SMILES string of the molecule is Cc1cc(N=C=S)ncc1[N+](=O)[O-]. The van der Waals surface area contributed by atoms with E-state index in [9.17, 15) is 10.1 Å². The highest BCUT2D eigenvalue weighted by Gasteiger charge is 2.10. The molecule has 0 radical (unpaired) electrons. The van der Waals surface area contributed by atoms with Crippen molar-refractivity contribution in [3.05, 3.63) is 27.9 Å². The maximum absolute atomic E-state index is 10.4. The van der Waals surface area contributed by atoms with Crippen LogP contribution >= 0.6 is 12.2 Å². The third-order valence-electron chi connectivity index (χ3n) is 1.43. The molecule has 0 spiro atoms. The van der Waals surface area contributed by atoms with Gasteiger partial charge in [0, 0.05) is 5.56 Å². The molecule has 6 heteroatoms. The lowest BCUT2D eigenvalue weighted by molar-refractivity contribution is -0.385. The van der Waals surface area contributed by atoms with E-state index < -0.39 is 4.92 Å². The molecular formula is C7H5N3O2S. The molecule has 0 saturated carbocycles. The van der Waals surface area contributed by atoms with E-state index in [1.54, 1.807) is 6.92 Å². The second-order valence-electron chi connectivity index (χ2n) is 2.29. The quantitative estimate of drug-likeness (QED) is 0.313. The van der Waals surface area contributed by atoms with Crippen molar-refractivity contribution in [3.8, 4) is 0 Å². The Labute approximate surface area is 79.3 Å². The number of aromatic nitrogens is 1. The van der Waals surface area contributed by atoms with Gasteiger partial charge in [0.2, 0.25) is 0 Å². The highest BCUT2D eigenvalue weighted by atomic mass is 32.1. The molecule has 0 unspecified atom stereocenters. The molecule has 0 aliphatic carbocycles. The van der Waals surface area contributed by atoms with Crippen LogP contribution in [0.25, 0.3) is 0 Å². The molecule has 1 rings (SSSR count). The number of rotatable bonds is 2. The van der Waals surface area contributed by atoms with E-state index in [2.05, 4.69) is 27.4 Å². The van der Waals surface area contributed by atoms with Gasteiger partial charge < -0.3 is 0 Å². The van der Waals surface area contributed by atoms with Crippen LogP contribution in [0, 0.1) is 17.0 Å². The maximum Gasteiger partial charge on any atom is 0.290 e. The van der Waals surface area contributed by atoms with Crippen LogP contribution < -0.4 is 0 Å². The Morgan fingerprint density at radius 2 is 2.46 bits per heavy atom. The van der Waals surface area contributed by atoms with E-state index in [0.717, 1.165) is 6.20 Å². The van der Waals surface area contributed by atoms with Crippen molar-refractivity contribution in [2.75, 3.05) is 0 Å². The molecule has 0 aliphatic heterocycles. The van der Waals surface area contributed by atoms with Gasteiger partial charge in [-0.25, -0.2) is 4.98 Å². The molecule has 1 heterocycles. The van der Waals surface area contributed by atoms with Gasteiger partial charge in [-0.15, -0.1) is 0 Å². The number of thiocarbonyl (C=S) groups is 1. The Kier molecular flexibility index (Phi) is 2.79. The van der Waals surface area contributed by atoms with Gasteiger partial charge in [0.05, 0.1) is 10.1 Å². The lowest BCUT2D eigenvalue weighted by atomic mass is 10.2. The molecule has 0 atom stereocenters. The normalized spacial score (nSPS) is 9.00. The molecule has 0 amide bonds. The minimum absolute atomic E-state index is 0.0247. The van der Waals surface area contributed by atoms with Crippen molar-refractivity contribution >= 4 is 28.9 Å². The van der Waals surface area contributed by atoms with Crippen molar-refractivity contribution < 1.29 is 4.92 Å². The van der Waals surface area contributed by atoms with Gasteiger partial charge in [0.25, 0.3) is 5.69 Å². The first-order chi connectivity index (χ1) is 6.15. The summed E-state index contributed by atoms with van der Waals surface area (Å²) >= 11 is 4.37. The van der Waals surface area contributed by atoms with Gasteiger partial charge in [-0.05, 0) is 25.2 Å². The second-order valence-corrected chi connectivity index (χ2v) is 2.47. The third-order valence-corrected chi connectivity index (χ3v) is 1.52. The first-order valence-electron chi connectivity index (χ1n) is 3.34. The maximum atomic E-state index is 10.4. The van der Waals surface area contributed by atoms with Gasteiger partial charge in [0.1, 0.15) is 6.20 Å². The van der Waals surface area contributed by atoms with Crippen molar-refractivity contribution in [2.24, 2.45) is 4.99 Å². The summed E-state index contributed by atoms with van der Waals surface area (Å²) in [7, 11) is 0. The molecule has 13 heavy (non-hydrogen) atoms. The Balaban J connectivity index is 3.19. The van der Waals surface area contributed by atoms with Crippen LogP contribution in [0.5, 0.6) is 0 Å². The summed E-state index contributed by atoms with van der Waals surface area (Å²) in [4.78, 5) is 17.2. The summed E-state index contributed by atoms with van der Waals surface area (Å²) in [6.07, 6.45) is 1.15. The highest BCUT2D eigenvalue weighted by molar-refractivity contribution is 7.78. The Morgan fingerprint density at radius 3 is 2.92 bits per heavy atom. The molecule has 0 N–H and O–H groups in total. The van der Waals surface area contributed by atoms with Gasteiger partial charge in [0.15, 0.2) is 5.82 Å². The van der Waals surface area contributed by atoms with Gasteiger partial charge in [-0.2, -0.15) is 4.99 Å². The third kappa shape index (κ3) is 2.14. The van der Waals surface area contributed by atoms with Crippen LogP contribution in [0.15, 0.2) is 17.3 Å². The number of aliphatic imine (C=N–C) groups is 1. The van der Waals surface area contributed by atoms with Crippen molar-refractivity contribution in [2.45, 2.75) is 6.92 Å². The van der Waals surface area contributed by atoms with E-state index in [1.807, 2.05) is 0 Å². The zero-order chi connectivity index (χ0) is 9.84. The largest absolute Gasteiger partial charge is 0.290 e. The predicted molar refractivity (Wildman–Crippen MR) is 50.3 cm³/mol. The van der Waals surface area contributed by atoms with E-state index in [-0.39, 0.29) is 5.69 Å². The Morgan fingerprint density at radius 1 is 1.77 bits per heavy atom. The van der Waals surface area contributed by atoms with Gasteiger partial charge in [-0.3, -0.25) is 10.1 Å². The lowest BCUT2D eigenvalue weighted by Crippen LogP contribution is -1.92. The summed E-state index contributed by atoms with van der Waals surface area (Å²) in [5.74, 6) is 0.332. The molecule has 0 aromatic carbocycles. The molecular weight excluding hydrogens is 190 g/mol. The summed E-state index contributed by atoms with van der Waals surface area (Å²) in [6, 6.07) is 1.48. The average molecular weight is 195 g/mol. The van der Waals surface area contributed by atoms with E-state index in [1.165, 1.54) is 6.07 Å². The number of nitrogens with zero attached hydrogens (tertiary/aromatic N) is 3. The fourth-order valence-electron chi connectivity index (χ4n) is 0.833. The van der Waals surface area contributed by atoms with Crippen LogP contribution in [0.3, 0.4) is 0 Å². The molecule has 0 aliphatic rings. The van der Waals surface area contributed by atoms with Gasteiger partial charge >= 0.3 is 0 Å². The molecule has 1 aromatic heterocycles. The number of pyridine rings is 1. The Hall–Kier alpha value is -1.65. The first-order valence-corrected chi connectivity index (χ1v) is 3.75. The molecule has 1 aromatic rings.